The van der Waals surface area contributed by atoms with Gasteiger partial charge >= 0.3 is 0 Å². The minimum Gasteiger partial charge on any atom is -0.216 e. The molecule has 13 heavy (non-hydrogen) atoms. The Labute approximate surface area is 81.6 Å². The van der Waals surface area contributed by atoms with Gasteiger partial charge in [-0.2, -0.15) is 0 Å². The Morgan fingerprint density at radius 1 is 1.31 bits per heavy atom. The van der Waals surface area contributed by atoms with Crippen molar-refractivity contribution < 1.29 is 8.42 Å². The predicted molar refractivity (Wildman–Crippen MR) is 55.9 cm³/mol. The van der Waals surface area contributed by atoms with Crippen LogP contribution >= 0.6 is 0 Å². The molecule has 0 radical (unpaired) electrons. The highest BCUT2D eigenvalue weighted by molar-refractivity contribution is 7.95. The average molecular weight is 202 g/mol. The largest absolute Gasteiger partial charge is 0.216 e. The van der Waals surface area contributed by atoms with Crippen LogP contribution in [-0.2, 0) is 9.84 Å². The standard InChI is InChI=1S/C10H18O2S/c1-4-6-7-10(5-2)8-9-13(3,11)12/h10H,4-7H2,1-3H3. The van der Waals surface area contributed by atoms with E-state index in [2.05, 4.69) is 18.1 Å². The van der Waals surface area contributed by atoms with Gasteiger partial charge in [0.15, 0.2) is 0 Å². The Bertz CT molecular complexity index is 280. The van der Waals surface area contributed by atoms with Gasteiger partial charge in [-0.3, -0.25) is 0 Å². The van der Waals surface area contributed by atoms with Gasteiger partial charge in [-0.05, 0) is 12.8 Å². The number of unbranched alkanes of at least 4 members (excludes halogenated alkanes) is 1. The zero-order chi connectivity index (χ0) is 10.3. The SMILES string of the molecule is CCCCC(C#CS(C)(=O)=O)CC. The number of hydrogen-bond donors (Lipinski definition) is 0. The maximum atomic E-state index is 10.8. The Balaban J connectivity index is 4.17. The Kier molecular flexibility index (Phi) is 5.81. The van der Waals surface area contributed by atoms with Crippen molar-refractivity contribution in [3.63, 3.8) is 0 Å². The van der Waals surface area contributed by atoms with Crippen LogP contribution in [0.15, 0.2) is 0 Å². The van der Waals surface area contributed by atoms with Crippen molar-refractivity contribution in [1.29, 1.82) is 0 Å². The second-order valence-corrected chi connectivity index (χ2v) is 5.01. The summed E-state index contributed by atoms with van der Waals surface area (Å²) in [5.41, 5.74) is 0. The first-order valence-corrected chi connectivity index (χ1v) is 6.61. The third-order valence-electron chi connectivity index (χ3n) is 1.85. The molecule has 0 amide bonds. The van der Waals surface area contributed by atoms with Crippen LogP contribution in [0.2, 0.25) is 0 Å². The van der Waals surface area contributed by atoms with Crippen LogP contribution in [0.5, 0.6) is 0 Å². The van der Waals surface area contributed by atoms with Crippen LogP contribution in [0.3, 0.4) is 0 Å². The van der Waals surface area contributed by atoms with Gasteiger partial charge in [-0.25, -0.2) is 8.42 Å². The molecule has 76 valence electrons. The molecular formula is C10H18O2S. The topological polar surface area (TPSA) is 34.1 Å². The van der Waals surface area contributed by atoms with Crippen LogP contribution in [0.25, 0.3) is 0 Å². The van der Waals surface area contributed by atoms with Crippen LogP contribution in [0, 0.1) is 17.1 Å². The third kappa shape index (κ3) is 7.86. The van der Waals surface area contributed by atoms with Crippen LogP contribution < -0.4 is 0 Å². The summed E-state index contributed by atoms with van der Waals surface area (Å²) >= 11 is 0. The Morgan fingerprint density at radius 3 is 2.31 bits per heavy atom. The molecule has 0 saturated heterocycles. The fourth-order valence-corrected chi connectivity index (χ4v) is 1.40. The van der Waals surface area contributed by atoms with E-state index in [1.54, 1.807) is 0 Å². The first-order chi connectivity index (χ1) is 5.99. The molecule has 0 aliphatic carbocycles. The highest BCUT2D eigenvalue weighted by Gasteiger charge is 2.01. The van der Waals surface area contributed by atoms with E-state index < -0.39 is 9.84 Å². The summed E-state index contributed by atoms with van der Waals surface area (Å²) in [4.78, 5) is 0. The second-order valence-electron chi connectivity index (χ2n) is 3.27. The number of sulfone groups is 1. The summed E-state index contributed by atoms with van der Waals surface area (Å²) in [5, 5.41) is 2.30. The lowest BCUT2D eigenvalue weighted by Gasteiger charge is -2.04. The average Bonchev–Trinajstić information content (AvgIpc) is 2.03. The molecule has 1 unspecified atom stereocenters. The lowest BCUT2D eigenvalue weighted by Crippen LogP contribution is -1.97. The molecule has 0 rings (SSSR count). The fourth-order valence-electron chi connectivity index (χ4n) is 1.02. The Morgan fingerprint density at radius 2 is 1.92 bits per heavy atom. The first kappa shape index (κ1) is 12.5. The minimum atomic E-state index is -3.12. The van der Waals surface area contributed by atoms with E-state index in [-0.39, 0.29) is 5.92 Å². The molecule has 0 N–H and O–H groups in total. The molecular weight excluding hydrogens is 184 g/mol. The molecule has 3 heteroatoms. The van der Waals surface area contributed by atoms with E-state index in [1.807, 2.05) is 6.92 Å². The van der Waals surface area contributed by atoms with E-state index in [1.165, 1.54) is 0 Å². The van der Waals surface area contributed by atoms with E-state index >= 15 is 0 Å². The lowest BCUT2D eigenvalue weighted by atomic mass is 10.0. The molecule has 0 spiro atoms. The van der Waals surface area contributed by atoms with Crippen molar-refractivity contribution >= 4 is 9.84 Å². The maximum Gasteiger partial charge on any atom is 0.213 e. The van der Waals surface area contributed by atoms with Crippen LogP contribution in [0.4, 0.5) is 0 Å². The molecule has 0 saturated carbocycles. The van der Waals surface area contributed by atoms with Crippen molar-refractivity contribution in [2.24, 2.45) is 5.92 Å². The van der Waals surface area contributed by atoms with Gasteiger partial charge in [-0.1, -0.05) is 32.6 Å². The fraction of sp³-hybridized carbons (Fsp3) is 0.800. The normalized spacial score (nSPS) is 13.2. The summed E-state index contributed by atoms with van der Waals surface area (Å²) in [5.74, 6) is 3.05. The van der Waals surface area contributed by atoms with Gasteiger partial charge in [0.2, 0.25) is 9.84 Å². The van der Waals surface area contributed by atoms with Crippen molar-refractivity contribution in [3.05, 3.63) is 0 Å². The molecule has 0 aromatic rings. The first-order valence-electron chi connectivity index (χ1n) is 4.72. The van der Waals surface area contributed by atoms with Gasteiger partial charge < -0.3 is 0 Å². The summed E-state index contributed by atoms with van der Waals surface area (Å²) in [6.45, 7) is 4.16. The van der Waals surface area contributed by atoms with Crippen molar-refractivity contribution in [2.75, 3.05) is 6.26 Å². The van der Waals surface area contributed by atoms with Gasteiger partial charge in [-0.15, -0.1) is 0 Å². The molecule has 0 aliphatic rings. The smallest absolute Gasteiger partial charge is 0.213 e. The molecule has 0 fully saturated rings. The summed E-state index contributed by atoms with van der Waals surface area (Å²) in [6.07, 6.45) is 5.35. The molecule has 0 aromatic heterocycles. The minimum absolute atomic E-state index is 0.245. The predicted octanol–water partition coefficient (Wildman–Crippen LogP) is 2.21. The molecule has 0 aromatic carbocycles. The summed E-state index contributed by atoms with van der Waals surface area (Å²) < 4.78 is 21.5. The third-order valence-corrected chi connectivity index (χ3v) is 2.34. The molecule has 0 heterocycles. The second kappa shape index (κ2) is 6.04. The van der Waals surface area contributed by atoms with Crippen LogP contribution in [-0.4, -0.2) is 14.7 Å². The van der Waals surface area contributed by atoms with Gasteiger partial charge in [0.1, 0.15) is 0 Å². The number of hydrogen-bond acceptors (Lipinski definition) is 2. The van der Waals surface area contributed by atoms with Gasteiger partial charge in [0, 0.05) is 11.2 Å². The molecule has 0 bridgehead atoms. The highest BCUT2D eigenvalue weighted by Crippen LogP contribution is 2.10. The van der Waals surface area contributed by atoms with Crippen molar-refractivity contribution in [3.8, 4) is 11.2 Å². The van der Waals surface area contributed by atoms with Crippen molar-refractivity contribution in [2.45, 2.75) is 39.5 Å². The quantitative estimate of drug-likeness (QED) is 0.517. The molecule has 2 nitrogen and oxygen atoms in total. The van der Waals surface area contributed by atoms with Gasteiger partial charge in [0.05, 0.1) is 6.26 Å². The summed E-state index contributed by atoms with van der Waals surface area (Å²) in [6, 6.07) is 0. The van der Waals surface area contributed by atoms with E-state index in [9.17, 15) is 8.42 Å². The van der Waals surface area contributed by atoms with Gasteiger partial charge in [0.25, 0.3) is 0 Å². The Hall–Kier alpha value is -0.490. The van der Waals surface area contributed by atoms with Crippen LogP contribution in [0.1, 0.15) is 39.5 Å². The number of rotatable bonds is 4. The van der Waals surface area contributed by atoms with Crippen molar-refractivity contribution in [1.82, 2.24) is 0 Å². The van der Waals surface area contributed by atoms with E-state index in [0.717, 1.165) is 31.9 Å². The maximum absolute atomic E-state index is 10.8. The lowest BCUT2D eigenvalue weighted by molar-refractivity contribution is 0.556. The zero-order valence-electron chi connectivity index (χ0n) is 8.63. The molecule has 1 atom stereocenters. The monoisotopic (exact) mass is 202 g/mol. The summed E-state index contributed by atoms with van der Waals surface area (Å²) in [7, 11) is -3.12. The molecule has 0 aliphatic heterocycles. The van der Waals surface area contributed by atoms with E-state index in [0.29, 0.717) is 0 Å². The zero-order valence-corrected chi connectivity index (χ0v) is 9.45. The highest BCUT2D eigenvalue weighted by atomic mass is 32.2. The van der Waals surface area contributed by atoms with E-state index in [4.69, 9.17) is 0 Å².